The van der Waals surface area contributed by atoms with Crippen molar-refractivity contribution >= 4 is 54.4 Å². The van der Waals surface area contributed by atoms with Crippen LogP contribution in [0.25, 0.3) is 110 Å². The van der Waals surface area contributed by atoms with E-state index in [9.17, 15) is 0 Å². The Hall–Kier alpha value is -7.94. The van der Waals surface area contributed by atoms with Gasteiger partial charge in [0.05, 0.1) is 22.1 Å². The molecule has 0 bridgehead atoms. The van der Waals surface area contributed by atoms with Crippen LogP contribution in [0.2, 0.25) is 0 Å². The zero-order chi connectivity index (χ0) is 39.6. The number of para-hydroxylation sites is 2. The smallest absolute Gasteiger partial charge is 0.0541 e. The van der Waals surface area contributed by atoms with Crippen molar-refractivity contribution in [2.75, 3.05) is 0 Å². The van der Waals surface area contributed by atoms with E-state index in [2.05, 4.69) is 240 Å². The Kier molecular flexibility index (Phi) is 7.89. The van der Waals surface area contributed by atoms with Gasteiger partial charge in [-0.3, -0.25) is 0 Å². The summed E-state index contributed by atoms with van der Waals surface area (Å²) in [5.74, 6) is 0. The van der Waals surface area contributed by atoms with Crippen molar-refractivity contribution in [3.05, 3.63) is 231 Å². The molecule has 0 N–H and O–H groups in total. The third-order valence-corrected chi connectivity index (χ3v) is 12.4. The lowest BCUT2D eigenvalue weighted by atomic mass is 9.93. The number of rotatable bonds is 6. The summed E-state index contributed by atoms with van der Waals surface area (Å²) in [6.45, 7) is 0. The molecule has 2 nitrogen and oxygen atoms in total. The summed E-state index contributed by atoms with van der Waals surface area (Å²) in [7, 11) is 0. The van der Waals surface area contributed by atoms with Crippen molar-refractivity contribution in [1.29, 1.82) is 0 Å². The summed E-state index contributed by atoms with van der Waals surface area (Å²) in [4.78, 5) is 0. The van der Waals surface area contributed by atoms with Gasteiger partial charge < -0.3 is 9.13 Å². The normalized spacial score (nSPS) is 11.7. The van der Waals surface area contributed by atoms with E-state index in [1.807, 2.05) is 0 Å². The third kappa shape index (κ3) is 5.50. The van der Waals surface area contributed by atoms with Crippen LogP contribution in [-0.2, 0) is 0 Å². The number of benzene rings is 10. The van der Waals surface area contributed by atoms with E-state index in [1.165, 1.54) is 98.9 Å². The number of hydrogen-bond acceptors (Lipinski definition) is 0. The summed E-state index contributed by atoms with van der Waals surface area (Å²) >= 11 is 0. The summed E-state index contributed by atoms with van der Waals surface area (Å²) < 4.78 is 4.80. The number of aromatic nitrogens is 2. The molecule has 12 rings (SSSR count). The predicted molar refractivity (Wildman–Crippen MR) is 254 cm³/mol. The highest BCUT2D eigenvalue weighted by Gasteiger charge is 2.16. The molecule has 0 aliphatic rings. The maximum atomic E-state index is 2.40. The fraction of sp³-hybridized carbons (Fsp3) is 0. The van der Waals surface area contributed by atoms with Gasteiger partial charge in [-0.1, -0.05) is 170 Å². The fourth-order valence-corrected chi connectivity index (χ4v) is 9.52. The summed E-state index contributed by atoms with van der Waals surface area (Å²) in [5.41, 5.74) is 16.9. The molecule has 0 saturated carbocycles. The molecule has 10 aromatic carbocycles. The van der Waals surface area contributed by atoms with Crippen molar-refractivity contribution in [1.82, 2.24) is 9.13 Å². The second kappa shape index (κ2) is 13.9. The maximum Gasteiger partial charge on any atom is 0.0541 e. The third-order valence-electron chi connectivity index (χ3n) is 12.4. The minimum Gasteiger partial charge on any atom is -0.309 e. The average molecular weight is 763 g/mol. The molecule has 0 unspecified atom stereocenters. The van der Waals surface area contributed by atoms with Gasteiger partial charge in [-0.2, -0.15) is 0 Å². The zero-order valence-electron chi connectivity index (χ0n) is 32.8. The lowest BCUT2D eigenvalue weighted by Gasteiger charge is -2.14. The van der Waals surface area contributed by atoms with E-state index in [-0.39, 0.29) is 0 Å². The molecule has 0 amide bonds. The summed E-state index contributed by atoms with van der Waals surface area (Å²) in [6.07, 6.45) is 0. The van der Waals surface area contributed by atoms with Gasteiger partial charge in [-0.15, -0.1) is 0 Å². The van der Waals surface area contributed by atoms with Crippen LogP contribution < -0.4 is 0 Å². The lowest BCUT2D eigenvalue weighted by molar-refractivity contribution is 1.18. The fourth-order valence-electron chi connectivity index (χ4n) is 9.52. The molecule has 12 aromatic rings. The van der Waals surface area contributed by atoms with Crippen LogP contribution in [0, 0.1) is 0 Å². The molecule has 0 spiro atoms. The molecule has 0 fully saturated rings. The number of hydrogen-bond donors (Lipinski definition) is 0. The van der Waals surface area contributed by atoms with Crippen LogP contribution in [0.15, 0.2) is 231 Å². The Labute approximate surface area is 348 Å². The lowest BCUT2D eigenvalue weighted by Crippen LogP contribution is -1.94. The molecule has 0 radical (unpaired) electrons. The highest BCUT2D eigenvalue weighted by molar-refractivity contribution is 6.12. The molecule has 2 heterocycles. The SMILES string of the molecule is c1ccc(-c2ccc3c(c2)c2ccccc2n3-c2ccc(-c3cccc4c(-c5ccc(-n6c7ccccc7c7cc(-c8ccccc8)ccc76)cc5)cccc34)cc2)cc1. The van der Waals surface area contributed by atoms with Crippen LogP contribution in [0.5, 0.6) is 0 Å². The van der Waals surface area contributed by atoms with E-state index in [1.54, 1.807) is 0 Å². The van der Waals surface area contributed by atoms with E-state index in [0.717, 1.165) is 11.4 Å². The Bertz CT molecular complexity index is 3310. The standard InChI is InChI=1S/C58H38N2/c1-3-13-39(14-4-1)43-29-35-57-53(37-43)51-17-7-9-23-55(51)59(57)45-31-25-41(26-32-45)47-19-11-22-50-48(20-12-21-49(47)50)42-27-33-46(34-28-42)60-56-24-10-8-18-52(56)54-38-44(30-36-58(54)60)40-15-5-2-6-16-40/h1-38H. The molecule has 2 aromatic heterocycles. The van der Waals surface area contributed by atoms with Gasteiger partial charge >= 0.3 is 0 Å². The Balaban J connectivity index is 0.900. The molecule has 0 saturated heterocycles. The topological polar surface area (TPSA) is 9.86 Å². The van der Waals surface area contributed by atoms with Crippen molar-refractivity contribution in [3.8, 4) is 55.9 Å². The van der Waals surface area contributed by atoms with Gasteiger partial charge in [0, 0.05) is 32.9 Å². The first-order chi connectivity index (χ1) is 29.8. The van der Waals surface area contributed by atoms with Gasteiger partial charge in [-0.25, -0.2) is 0 Å². The minimum atomic E-state index is 1.15. The molecule has 0 aliphatic heterocycles. The molecule has 60 heavy (non-hydrogen) atoms. The first kappa shape index (κ1) is 34.1. The molecule has 0 atom stereocenters. The van der Waals surface area contributed by atoms with Gasteiger partial charge in [0.2, 0.25) is 0 Å². The highest BCUT2D eigenvalue weighted by atomic mass is 15.0. The highest BCUT2D eigenvalue weighted by Crippen LogP contribution is 2.39. The van der Waals surface area contributed by atoms with Crippen LogP contribution in [0.3, 0.4) is 0 Å². The van der Waals surface area contributed by atoms with Crippen LogP contribution in [0.4, 0.5) is 0 Å². The first-order valence-electron chi connectivity index (χ1n) is 20.7. The Morgan fingerprint density at radius 2 is 0.550 bits per heavy atom. The first-order valence-corrected chi connectivity index (χ1v) is 20.7. The molecule has 0 aliphatic carbocycles. The van der Waals surface area contributed by atoms with E-state index < -0.39 is 0 Å². The van der Waals surface area contributed by atoms with E-state index in [0.29, 0.717) is 0 Å². The van der Waals surface area contributed by atoms with Crippen molar-refractivity contribution in [2.45, 2.75) is 0 Å². The Morgan fingerprint density at radius 3 is 0.983 bits per heavy atom. The van der Waals surface area contributed by atoms with E-state index >= 15 is 0 Å². The maximum absolute atomic E-state index is 2.40. The molecule has 280 valence electrons. The average Bonchev–Trinajstić information content (AvgIpc) is 3.84. The minimum absolute atomic E-state index is 1.15. The van der Waals surface area contributed by atoms with Crippen molar-refractivity contribution in [3.63, 3.8) is 0 Å². The van der Waals surface area contributed by atoms with E-state index in [4.69, 9.17) is 0 Å². The second-order valence-corrected chi connectivity index (χ2v) is 15.7. The number of nitrogens with zero attached hydrogens (tertiary/aromatic N) is 2. The summed E-state index contributed by atoms with van der Waals surface area (Å²) in [6, 6.07) is 84.1. The van der Waals surface area contributed by atoms with Crippen LogP contribution >= 0.6 is 0 Å². The zero-order valence-corrected chi connectivity index (χ0v) is 32.8. The van der Waals surface area contributed by atoms with Crippen molar-refractivity contribution < 1.29 is 0 Å². The van der Waals surface area contributed by atoms with Crippen LogP contribution in [0.1, 0.15) is 0 Å². The van der Waals surface area contributed by atoms with Gasteiger partial charge in [0.15, 0.2) is 0 Å². The molecular formula is C58H38N2. The van der Waals surface area contributed by atoms with Gasteiger partial charge in [0.25, 0.3) is 0 Å². The van der Waals surface area contributed by atoms with Crippen molar-refractivity contribution in [2.24, 2.45) is 0 Å². The van der Waals surface area contributed by atoms with Gasteiger partial charge in [0.1, 0.15) is 0 Å². The largest absolute Gasteiger partial charge is 0.309 e. The predicted octanol–water partition coefficient (Wildman–Crippen LogP) is 15.7. The van der Waals surface area contributed by atoms with Crippen LogP contribution in [-0.4, -0.2) is 9.13 Å². The molecular weight excluding hydrogens is 725 g/mol. The quantitative estimate of drug-likeness (QED) is 0.160. The second-order valence-electron chi connectivity index (χ2n) is 15.7. The summed E-state index contributed by atoms with van der Waals surface area (Å²) in [5, 5.41) is 7.53. The molecule has 2 heteroatoms. The Morgan fingerprint density at radius 1 is 0.200 bits per heavy atom. The number of fused-ring (bicyclic) bond motifs is 7. The van der Waals surface area contributed by atoms with Gasteiger partial charge in [-0.05, 0) is 116 Å². The monoisotopic (exact) mass is 762 g/mol.